The van der Waals surface area contributed by atoms with E-state index in [9.17, 15) is 19.1 Å². The SMILES string of the molecule is O=C(O)C1C2C=CC(C2)C1C(=O)Nc1nc(-c2ccc(F)cc2)cs1. The third-order valence-corrected chi connectivity index (χ3v) is 5.68. The minimum absolute atomic E-state index is 0.0253. The van der Waals surface area contributed by atoms with Gasteiger partial charge in [-0.1, -0.05) is 12.2 Å². The summed E-state index contributed by atoms with van der Waals surface area (Å²) in [6.07, 6.45) is 4.57. The molecule has 0 saturated heterocycles. The number of thiazole rings is 1. The fourth-order valence-electron chi connectivity index (χ4n) is 3.79. The topological polar surface area (TPSA) is 79.3 Å². The van der Waals surface area contributed by atoms with Crippen molar-refractivity contribution in [1.29, 1.82) is 0 Å². The molecule has 2 aliphatic carbocycles. The molecule has 2 bridgehead atoms. The first-order valence-electron chi connectivity index (χ1n) is 7.96. The maximum Gasteiger partial charge on any atom is 0.307 e. The van der Waals surface area contributed by atoms with E-state index in [0.29, 0.717) is 17.2 Å². The summed E-state index contributed by atoms with van der Waals surface area (Å²) in [6.45, 7) is 0. The number of allylic oxidation sites excluding steroid dienone is 2. The molecule has 0 radical (unpaired) electrons. The molecule has 1 saturated carbocycles. The van der Waals surface area contributed by atoms with Crippen molar-refractivity contribution in [2.45, 2.75) is 6.42 Å². The van der Waals surface area contributed by atoms with Crippen LogP contribution in [-0.4, -0.2) is 22.0 Å². The number of hydrogen-bond donors (Lipinski definition) is 2. The Kier molecular flexibility index (Phi) is 3.88. The summed E-state index contributed by atoms with van der Waals surface area (Å²) in [6, 6.07) is 5.95. The van der Waals surface area contributed by atoms with E-state index in [2.05, 4.69) is 10.3 Å². The molecule has 1 fully saturated rings. The lowest BCUT2D eigenvalue weighted by molar-refractivity contribution is -0.146. The van der Waals surface area contributed by atoms with Crippen molar-refractivity contribution in [2.24, 2.45) is 23.7 Å². The number of carboxylic acid groups (broad SMARTS) is 1. The Morgan fingerprint density at radius 3 is 2.52 bits per heavy atom. The number of carbonyl (C=O) groups excluding carboxylic acids is 1. The van der Waals surface area contributed by atoms with Crippen LogP contribution in [0, 0.1) is 29.5 Å². The summed E-state index contributed by atoms with van der Waals surface area (Å²) >= 11 is 1.26. The first kappa shape index (κ1) is 16.0. The molecule has 2 aliphatic rings. The molecule has 1 heterocycles. The fourth-order valence-corrected chi connectivity index (χ4v) is 4.51. The highest BCUT2D eigenvalue weighted by molar-refractivity contribution is 7.14. The smallest absolute Gasteiger partial charge is 0.307 e. The van der Waals surface area contributed by atoms with Gasteiger partial charge in [0.05, 0.1) is 17.5 Å². The van der Waals surface area contributed by atoms with Gasteiger partial charge >= 0.3 is 5.97 Å². The number of carbonyl (C=O) groups is 2. The molecular weight excluding hydrogens is 343 g/mol. The summed E-state index contributed by atoms with van der Waals surface area (Å²) in [5.41, 5.74) is 1.40. The number of anilines is 1. The van der Waals surface area contributed by atoms with Crippen molar-refractivity contribution in [2.75, 3.05) is 5.32 Å². The molecule has 0 aliphatic heterocycles. The molecule has 4 unspecified atom stereocenters. The Bertz CT molecular complexity index is 861. The molecule has 2 N–H and O–H groups in total. The third kappa shape index (κ3) is 2.84. The molecule has 7 heteroatoms. The van der Waals surface area contributed by atoms with Gasteiger partial charge in [-0.15, -0.1) is 11.3 Å². The van der Waals surface area contributed by atoms with Gasteiger partial charge in [-0.3, -0.25) is 9.59 Å². The van der Waals surface area contributed by atoms with E-state index in [0.717, 1.165) is 5.56 Å². The van der Waals surface area contributed by atoms with Crippen molar-refractivity contribution in [3.05, 3.63) is 47.6 Å². The monoisotopic (exact) mass is 358 g/mol. The standard InChI is InChI=1S/C18H15FN2O3S/c19-12-5-3-9(4-6-12)13-8-25-18(20-13)21-16(22)14-10-1-2-11(7-10)15(14)17(23)24/h1-6,8,10-11,14-15H,7H2,(H,23,24)(H,20,21,22). The molecule has 4 rings (SSSR count). The van der Waals surface area contributed by atoms with Gasteiger partial charge in [0, 0.05) is 10.9 Å². The van der Waals surface area contributed by atoms with Crippen LogP contribution in [-0.2, 0) is 9.59 Å². The number of amides is 1. The predicted molar refractivity (Wildman–Crippen MR) is 91.5 cm³/mol. The summed E-state index contributed by atoms with van der Waals surface area (Å²) < 4.78 is 13.0. The van der Waals surface area contributed by atoms with E-state index in [1.54, 1.807) is 17.5 Å². The molecule has 2 aromatic rings. The van der Waals surface area contributed by atoms with Crippen molar-refractivity contribution >= 4 is 28.3 Å². The van der Waals surface area contributed by atoms with Crippen molar-refractivity contribution in [3.63, 3.8) is 0 Å². The van der Waals surface area contributed by atoms with Crippen LogP contribution in [0.25, 0.3) is 11.3 Å². The van der Waals surface area contributed by atoms with E-state index in [-0.39, 0.29) is 23.6 Å². The van der Waals surface area contributed by atoms with Crippen LogP contribution in [0.4, 0.5) is 9.52 Å². The molecule has 128 valence electrons. The van der Waals surface area contributed by atoms with Crippen LogP contribution in [0.3, 0.4) is 0 Å². The van der Waals surface area contributed by atoms with Gasteiger partial charge in [0.2, 0.25) is 5.91 Å². The predicted octanol–water partition coefficient (Wildman–Crippen LogP) is 3.41. The fraction of sp³-hybridized carbons (Fsp3) is 0.278. The van der Waals surface area contributed by atoms with Crippen LogP contribution in [0.15, 0.2) is 41.8 Å². The number of fused-ring (bicyclic) bond motifs is 2. The number of aliphatic carboxylic acids is 1. The van der Waals surface area contributed by atoms with Gasteiger partial charge < -0.3 is 10.4 Å². The van der Waals surface area contributed by atoms with Crippen molar-refractivity contribution < 1.29 is 19.1 Å². The molecule has 1 aromatic heterocycles. The number of benzene rings is 1. The quantitative estimate of drug-likeness (QED) is 0.821. The number of hydrogen-bond acceptors (Lipinski definition) is 4. The lowest BCUT2D eigenvalue weighted by Crippen LogP contribution is -2.36. The Balaban J connectivity index is 1.51. The molecule has 1 aromatic carbocycles. The summed E-state index contributed by atoms with van der Waals surface area (Å²) in [7, 11) is 0. The van der Waals surface area contributed by atoms with Crippen LogP contribution in [0.2, 0.25) is 0 Å². The second-order valence-corrected chi connectivity index (χ2v) is 7.23. The van der Waals surface area contributed by atoms with E-state index in [1.165, 1.54) is 23.5 Å². The third-order valence-electron chi connectivity index (χ3n) is 4.92. The van der Waals surface area contributed by atoms with Crippen LogP contribution in [0.1, 0.15) is 6.42 Å². The van der Waals surface area contributed by atoms with Gasteiger partial charge in [-0.2, -0.15) is 0 Å². The summed E-state index contributed by atoms with van der Waals surface area (Å²) in [5, 5.41) is 14.4. The van der Waals surface area contributed by atoms with Crippen molar-refractivity contribution in [1.82, 2.24) is 4.98 Å². The number of nitrogens with zero attached hydrogens (tertiary/aromatic N) is 1. The van der Waals surface area contributed by atoms with E-state index >= 15 is 0 Å². The highest BCUT2D eigenvalue weighted by atomic mass is 32.1. The van der Waals surface area contributed by atoms with E-state index < -0.39 is 17.8 Å². The maximum atomic E-state index is 13.0. The number of rotatable bonds is 4. The summed E-state index contributed by atoms with van der Waals surface area (Å²) in [5.74, 6) is -2.88. The minimum atomic E-state index is -0.928. The Hall–Kier alpha value is -2.54. The van der Waals surface area contributed by atoms with Crippen LogP contribution in [0.5, 0.6) is 0 Å². The van der Waals surface area contributed by atoms with Gasteiger partial charge in [0.1, 0.15) is 5.82 Å². The average molecular weight is 358 g/mol. The molecular formula is C18H15FN2O3S. The number of carboxylic acids is 1. The van der Waals surface area contributed by atoms with E-state index in [1.807, 2.05) is 12.2 Å². The largest absolute Gasteiger partial charge is 0.481 e. The first-order valence-corrected chi connectivity index (χ1v) is 8.84. The average Bonchev–Trinajstić information content (AvgIpc) is 3.30. The zero-order chi connectivity index (χ0) is 17.6. The Morgan fingerprint density at radius 1 is 1.16 bits per heavy atom. The second kappa shape index (κ2) is 6.07. The maximum absolute atomic E-state index is 13.0. The number of aromatic nitrogens is 1. The minimum Gasteiger partial charge on any atom is -0.481 e. The number of halogens is 1. The molecule has 1 amide bonds. The highest BCUT2D eigenvalue weighted by Crippen LogP contribution is 2.48. The second-order valence-electron chi connectivity index (χ2n) is 6.37. The summed E-state index contributed by atoms with van der Waals surface area (Å²) in [4.78, 5) is 28.5. The Labute approximate surface area is 147 Å². The van der Waals surface area contributed by atoms with Crippen molar-refractivity contribution in [3.8, 4) is 11.3 Å². The van der Waals surface area contributed by atoms with Crippen LogP contribution < -0.4 is 5.32 Å². The molecule has 0 spiro atoms. The molecule has 5 nitrogen and oxygen atoms in total. The lowest BCUT2D eigenvalue weighted by Gasteiger charge is -2.23. The zero-order valence-electron chi connectivity index (χ0n) is 13.1. The highest BCUT2D eigenvalue weighted by Gasteiger charge is 2.51. The van der Waals surface area contributed by atoms with Gasteiger partial charge in [-0.25, -0.2) is 9.37 Å². The van der Waals surface area contributed by atoms with Gasteiger partial charge in [0.25, 0.3) is 0 Å². The normalized spacial score (nSPS) is 26.8. The van der Waals surface area contributed by atoms with E-state index in [4.69, 9.17) is 0 Å². The lowest BCUT2D eigenvalue weighted by atomic mass is 9.82. The van der Waals surface area contributed by atoms with Gasteiger partial charge in [-0.05, 0) is 42.5 Å². The molecule has 4 atom stereocenters. The Morgan fingerprint density at radius 2 is 1.84 bits per heavy atom. The first-order chi connectivity index (χ1) is 12.0. The van der Waals surface area contributed by atoms with Gasteiger partial charge in [0.15, 0.2) is 5.13 Å². The number of nitrogens with one attached hydrogen (secondary N) is 1. The molecule has 25 heavy (non-hydrogen) atoms. The van der Waals surface area contributed by atoms with Crippen LogP contribution >= 0.6 is 11.3 Å². The zero-order valence-corrected chi connectivity index (χ0v) is 13.9.